The van der Waals surface area contributed by atoms with Crippen LogP contribution in [0.4, 0.5) is 11.8 Å². The maximum absolute atomic E-state index is 8.75. The average molecular weight is 280 g/mol. The van der Waals surface area contributed by atoms with Crippen molar-refractivity contribution < 1.29 is 5.11 Å². The van der Waals surface area contributed by atoms with Crippen LogP contribution >= 0.6 is 11.3 Å². The molecule has 104 valence electrons. The highest BCUT2D eigenvalue weighted by atomic mass is 32.1. The van der Waals surface area contributed by atoms with Gasteiger partial charge in [0.2, 0.25) is 5.95 Å². The molecule has 0 aliphatic heterocycles. The Balaban J connectivity index is 2.11. The molecule has 0 saturated heterocycles. The summed E-state index contributed by atoms with van der Waals surface area (Å²) in [6.07, 6.45) is 2.92. The number of aryl methyl sites for hydroxylation is 1. The Morgan fingerprint density at radius 3 is 2.84 bits per heavy atom. The Labute approximate surface area is 117 Å². The summed E-state index contributed by atoms with van der Waals surface area (Å²) in [5.74, 6) is 1.54. The molecule has 0 unspecified atom stereocenters. The van der Waals surface area contributed by atoms with Crippen molar-refractivity contribution in [2.75, 3.05) is 30.8 Å². The molecule has 0 fully saturated rings. The van der Waals surface area contributed by atoms with E-state index in [1.165, 1.54) is 4.88 Å². The highest BCUT2D eigenvalue weighted by Gasteiger charge is 2.09. The number of aromatic nitrogens is 2. The smallest absolute Gasteiger partial charge is 0.225 e. The van der Waals surface area contributed by atoms with Crippen molar-refractivity contribution in [1.82, 2.24) is 9.97 Å². The summed E-state index contributed by atoms with van der Waals surface area (Å²) in [6.45, 7) is 3.21. The van der Waals surface area contributed by atoms with Crippen LogP contribution < -0.4 is 10.6 Å². The van der Waals surface area contributed by atoms with Crippen molar-refractivity contribution in [3.05, 3.63) is 10.9 Å². The normalized spacial score (nSPS) is 10.9. The molecule has 0 aliphatic rings. The van der Waals surface area contributed by atoms with E-state index in [4.69, 9.17) is 5.11 Å². The van der Waals surface area contributed by atoms with E-state index in [0.717, 1.165) is 41.8 Å². The third-order valence-electron chi connectivity index (χ3n) is 2.87. The van der Waals surface area contributed by atoms with Crippen molar-refractivity contribution in [2.45, 2.75) is 26.2 Å². The topological polar surface area (TPSA) is 70.1 Å². The van der Waals surface area contributed by atoms with Crippen LogP contribution in [0.25, 0.3) is 10.2 Å². The fraction of sp³-hybridized carbons (Fsp3) is 0.538. The molecule has 0 spiro atoms. The molecule has 6 heteroatoms. The van der Waals surface area contributed by atoms with Gasteiger partial charge in [0.25, 0.3) is 0 Å². The number of hydrogen-bond donors (Lipinski definition) is 3. The van der Waals surface area contributed by atoms with Gasteiger partial charge in [-0.15, -0.1) is 11.3 Å². The van der Waals surface area contributed by atoms with Gasteiger partial charge in [-0.05, 0) is 32.3 Å². The van der Waals surface area contributed by atoms with Crippen LogP contribution in [0.1, 0.15) is 24.1 Å². The average Bonchev–Trinajstić information content (AvgIpc) is 2.78. The van der Waals surface area contributed by atoms with Gasteiger partial charge in [-0.2, -0.15) is 4.98 Å². The van der Waals surface area contributed by atoms with Crippen molar-refractivity contribution in [2.24, 2.45) is 0 Å². The zero-order valence-electron chi connectivity index (χ0n) is 11.4. The van der Waals surface area contributed by atoms with Crippen LogP contribution in [0.15, 0.2) is 6.07 Å². The molecule has 2 aromatic heterocycles. The Hall–Kier alpha value is -1.40. The molecule has 19 heavy (non-hydrogen) atoms. The molecular formula is C13H20N4OS. The second-order valence-corrected chi connectivity index (χ2v) is 5.67. The maximum atomic E-state index is 8.75. The molecule has 0 radical (unpaired) electrons. The van der Waals surface area contributed by atoms with E-state index in [1.807, 2.05) is 7.05 Å². The minimum absolute atomic E-state index is 0.269. The quantitative estimate of drug-likeness (QED) is 0.680. The van der Waals surface area contributed by atoms with Gasteiger partial charge >= 0.3 is 0 Å². The first-order chi connectivity index (χ1) is 9.24. The lowest BCUT2D eigenvalue weighted by Gasteiger charge is -2.08. The highest BCUT2D eigenvalue weighted by Crippen LogP contribution is 2.29. The molecule has 2 aromatic rings. The number of thiophene rings is 1. The summed E-state index contributed by atoms with van der Waals surface area (Å²) in [6, 6.07) is 2.12. The van der Waals surface area contributed by atoms with E-state index in [2.05, 4.69) is 33.6 Å². The predicted octanol–water partition coefficient (Wildman–Crippen LogP) is 2.62. The molecule has 0 aromatic carbocycles. The van der Waals surface area contributed by atoms with Crippen LogP contribution in [-0.2, 0) is 0 Å². The van der Waals surface area contributed by atoms with Crippen LogP contribution in [0.2, 0.25) is 0 Å². The first kappa shape index (κ1) is 14.0. The number of anilines is 2. The summed E-state index contributed by atoms with van der Waals surface area (Å²) in [4.78, 5) is 11.2. The van der Waals surface area contributed by atoms with E-state index >= 15 is 0 Å². The highest BCUT2D eigenvalue weighted by molar-refractivity contribution is 7.18. The van der Waals surface area contributed by atoms with Gasteiger partial charge in [0, 0.05) is 25.1 Å². The van der Waals surface area contributed by atoms with Gasteiger partial charge in [0.05, 0.1) is 5.39 Å². The molecule has 3 N–H and O–H groups in total. The van der Waals surface area contributed by atoms with E-state index in [0.29, 0.717) is 5.95 Å². The van der Waals surface area contributed by atoms with Crippen LogP contribution in [-0.4, -0.2) is 35.3 Å². The molecule has 0 amide bonds. The molecule has 0 atom stereocenters. The van der Waals surface area contributed by atoms with Gasteiger partial charge in [0.1, 0.15) is 10.6 Å². The minimum Gasteiger partial charge on any atom is -0.396 e. The third-order valence-corrected chi connectivity index (χ3v) is 3.81. The fourth-order valence-electron chi connectivity index (χ4n) is 1.91. The predicted molar refractivity (Wildman–Crippen MR) is 81.1 cm³/mol. The van der Waals surface area contributed by atoms with Crippen LogP contribution in [0, 0.1) is 6.92 Å². The largest absolute Gasteiger partial charge is 0.396 e. The van der Waals surface area contributed by atoms with E-state index in [9.17, 15) is 0 Å². The Morgan fingerprint density at radius 2 is 2.11 bits per heavy atom. The number of unbranched alkanes of at least 4 members (excludes halogenated alkanes) is 2. The van der Waals surface area contributed by atoms with E-state index in [1.54, 1.807) is 11.3 Å². The number of aliphatic hydroxyl groups excluding tert-OH is 1. The lowest BCUT2D eigenvalue weighted by Crippen LogP contribution is -2.06. The van der Waals surface area contributed by atoms with Crippen LogP contribution in [0.5, 0.6) is 0 Å². The van der Waals surface area contributed by atoms with Crippen molar-refractivity contribution in [3.8, 4) is 0 Å². The summed E-state index contributed by atoms with van der Waals surface area (Å²) in [7, 11) is 1.83. The summed E-state index contributed by atoms with van der Waals surface area (Å²) in [5, 5.41) is 16.2. The van der Waals surface area contributed by atoms with E-state index < -0.39 is 0 Å². The summed E-state index contributed by atoms with van der Waals surface area (Å²) >= 11 is 1.68. The number of fused-ring (bicyclic) bond motifs is 1. The second kappa shape index (κ2) is 6.68. The summed E-state index contributed by atoms with van der Waals surface area (Å²) < 4.78 is 0. The van der Waals surface area contributed by atoms with Gasteiger partial charge in [-0.1, -0.05) is 0 Å². The van der Waals surface area contributed by atoms with Gasteiger partial charge < -0.3 is 15.7 Å². The van der Waals surface area contributed by atoms with Crippen molar-refractivity contribution in [3.63, 3.8) is 0 Å². The Morgan fingerprint density at radius 1 is 1.26 bits per heavy atom. The fourth-order valence-corrected chi connectivity index (χ4v) is 2.79. The number of aliphatic hydroxyl groups is 1. The Kier molecular flexibility index (Phi) is 4.93. The SMILES string of the molecule is CNc1nc(NCCCCCO)c2cc(C)sc2n1. The number of nitrogens with zero attached hydrogens (tertiary/aromatic N) is 2. The number of hydrogen-bond acceptors (Lipinski definition) is 6. The maximum Gasteiger partial charge on any atom is 0.225 e. The molecule has 0 aliphatic carbocycles. The van der Waals surface area contributed by atoms with Crippen molar-refractivity contribution in [1.29, 1.82) is 0 Å². The molecule has 0 bridgehead atoms. The standard InChI is InChI=1S/C13H20N4OS/c1-9-8-10-11(15-6-4-3-5-7-18)16-13(14-2)17-12(10)19-9/h8,18H,3-7H2,1-2H3,(H2,14,15,16,17). The van der Waals surface area contributed by atoms with Gasteiger partial charge in [0.15, 0.2) is 0 Å². The molecule has 5 nitrogen and oxygen atoms in total. The van der Waals surface area contributed by atoms with Crippen molar-refractivity contribution >= 4 is 33.3 Å². The van der Waals surface area contributed by atoms with Gasteiger partial charge in [-0.3, -0.25) is 0 Å². The lowest BCUT2D eigenvalue weighted by atomic mass is 10.2. The molecule has 2 heterocycles. The minimum atomic E-state index is 0.269. The molecule has 0 saturated carbocycles. The second-order valence-electron chi connectivity index (χ2n) is 4.43. The number of nitrogens with one attached hydrogen (secondary N) is 2. The summed E-state index contributed by atoms with van der Waals surface area (Å²) in [5.41, 5.74) is 0. The number of rotatable bonds is 7. The lowest BCUT2D eigenvalue weighted by molar-refractivity contribution is 0.283. The first-order valence-electron chi connectivity index (χ1n) is 6.55. The molecule has 2 rings (SSSR count). The monoisotopic (exact) mass is 280 g/mol. The molecular weight excluding hydrogens is 260 g/mol. The zero-order chi connectivity index (χ0) is 13.7. The Bertz CT molecular complexity index is 541. The van der Waals surface area contributed by atoms with E-state index in [-0.39, 0.29) is 6.61 Å². The first-order valence-corrected chi connectivity index (χ1v) is 7.37. The van der Waals surface area contributed by atoms with Gasteiger partial charge in [-0.25, -0.2) is 4.98 Å². The third kappa shape index (κ3) is 3.54. The van der Waals surface area contributed by atoms with Crippen LogP contribution in [0.3, 0.4) is 0 Å². The zero-order valence-corrected chi connectivity index (χ0v) is 12.2.